The number of rotatable bonds is 4. The van der Waals surface area contributed by atoms with Crippen molar-refractivity contribution in [3.63, 3.8) is 0 Å². The summed E-state index contributed by atoms with van der Waals surface area (Å²) >= 11 is 0. The van der Waals surface area contributed by atoms with Crippen LogP contribution in [-0.4, -0.2) is 50.8 Å². The molecule has 1 atom stereocenters. The van der Waals surface area contributed by atoms with Gasteiger partial charge in [-0.05, 0) is 58.2 Å². The summed E-state index contributed by atoms with van der Waals surface area (Å²) in [7, 11) is 4.07. The van der Waals surface area contributed by atoms with Crippen LogP contribution >= 0.6 is 0 Å². The summed E-state index contributed by atoms with van der Waals surface area (Å²) in [5.41, 5.74) is 0. The van der Waals surface area contributed by atoms with Crippen LogP contribution in [0.3, 0.4) is 0 Å². The van der Waals surface area contributed by atoms with E-state index in [-0.39, 0.29) is 0 Å². The van der Waals surface area contributed by atoms with Crippen LogP contribution in [0.15, 0.2) is 0 Å². The maximum Gasteiger partial charge on any atom is 0.0572 e. The van der Waals surface area contributed by atoms with E-state index in [0.717, 1.165) is 12.0 Å². The van der Waals surface area contributed by atoms with Crippen molar-refractivity contribution in [3.8, 4) is 0 Å². The van der Waals surface area contributed by atoms with E-state index in [1.165, 1.54) is 51.7 Å². The molecule has 2 rings (SSSR count). The fraction of sp³-hybridized carbons (Fsp3) is 1.00. The quantitative estimate of drug-likeness (QED) is 0.786. The van der Waals surface area contributed by atoms with E-state index < -0.39 is 0 Å². The first-order valence-electron chi connectivity index (χ1n) is 6.72. The van der Waals surface area contributed by atoms with E-state index in [1.54, 1.807) is 0 Å². The summed E-state index contributed by atoms with van der Waals surface area (Å²) in [5.74, 6) is 0.880. The van der Waals surface area contributed by atoms with Crippen LogP contribution < -0.4 is 5.32 Å². The van der Waals surface area contributed by atoms with Gasteiger partial charge in [-0.25, -0.2) is 0 Å². The van der Waals surface area contributed by atoms with Gasteiger partial charge in [-0.15, -0.1) is 0 Å². The van der Waals surface area contributed by atoms with Gasteiger partial charge in [-0.3, -0.25) is 0 Å². The Kier molecular flexibility index (Phi) is 4.62. The minimum Gasteiger partial charge on any atom is -0.381 e. The minimum atomic E-state index is 0.524. The number of hydrogen-bond acceptors (Lipinski definition) is 3. The fourth-order valence-corrected chi connectivity index (χ4v) is 3.03. The van der Waals surface area contributed by atoms with Gasteiger partial charge >= 0.3 is 0 Å². The van der Waals surface area contributed by atoms with Crippen LogP contribution in [0.4, 0.5) is 0 Å². The van der Waals surface area contributed by atoms with Gasteiger partial charge in [-0.2, -0.15) is 0 Å². The Morgan fingerprint density at radius 1 is 1.19 bits per heavy atom. The molecule has 1 aliphatic carbocycles. The lowest BCUT2D eigenvalue weighted by atomic mass is 9.92. The Morgan fingerprint density at radius 2 is 1.94 bits per heavy atom. The van der Waals surface area contributed by atoms with Gasteiger partial charge in [0.05, 0.1) is 6.10 Å². The highest BCUT2D eigenvalue weighted by Gasteiger charge is 2.23. The standard InChI is InChI=1S/C13H26N2O/c1-15-8-7-11(10-15)9-14-12-3-5-13(16-2)6-4-12/h11-14H,3-10H2,1-2H3. The average molecular weight is 226 g/mol. The number of methoxy groups -OCH3 is 1. The van der Waals surface area contributed by atoms with Crippen LogP contribution in [0.1, 0.15) is 32.1 Å². The van der Waals surface area contributed by atoms with Crippen molar-refractivity contribution in [1.29, 1.82) is 0 Å². The number of nitrogens with one attached hydrogen (secondary N) is 1. The Hall–Kier alpha value is -0.120. The van der Waals surface area contributed by atoms with Crippen molar-refractivity contribution in [2.75, 3.05) is 33.8 Å². The van der Waals surface area contributed by atoms with Gasteiger partial charge in [-0.1, -0.05) is 0 Å². The number of ether oxygens (including phenoxy) is 1. The lowest BCUT2D eigenvalue weighted by Gasteiger charge is -2.29. The molecule has 0 radical (unpaired) electrons. The minimum absolute atomic E-state index is 0.524. The first kappa shape index (κ1) is 12.3. The Bertz CT molecular complexity index is 202. The van der Waals surface area contributed by atoms with Crippen molar-refractivity contribution < 1.29 is 4.74 Å². The number of hydrogen-bond donors (Lipinski definition) is 1. The van der Waals surface area contributed by atoms with E-state index >= 15 is 0 Å². The van der Waals surface area contributed by atoms with E-state index in [0.29, 0.717) is 6.10 Å². The van der Waals surface area contributed by atoms with Crippen LogP contribution in [0.2, 0.25) is 0 Å². The monoisotopic (exact) mass is 226 g/mol. The summed E-state index contributed by atoms with van der Waals surface area (Å²) in [4.78, 5) is 2.44. The highest BCUT2D eigenvalue weighted by molar-refractivity contribution is 4.80. The van der Waals surface area contributed by atoms with Gasteiger partial charge in [0, 0.05) is 19.7 Å². The summed E-state index contributed by atoms with van der Waals surface area (Å²) in [6.45, 7) is 3.77. The molecule has 0 aromatic heterocycles. The average Bonchev–Trinajstić information content (AvgIpc) is 2.73. The van der Waals surface area contributed by atoms with Crippen LogP contribution in [0, 0.1) is 5.92 Å². The number of nitrogens with zero attached hydrogens (tertiary/aromatic N) is 1. The first-order chi connectivity index (χ1) is 7.78. The lowest BCUT2D eigenvalue weighted by Crippen LogP contribution is -2.38. The van der Waals surface area contributed by atoms with Crippen molar-refractivity contribution in [3.05, 3.63) is 0 Å². The molecule has 1 N–H and O–H groups in total. The molecule has 1 saturated heterocycles. The van der Waals surface area contributed by atoms with Crippen LogP contribution in [0.25, 0.3) is 0 Å². The molecular formula is C13H26N2O. The molecular weight excluding hydrogens is 200 g/mol. The highest BCUT2D eigenvalue weighted by Crippen LogP contribution is 2.21. The Labute approximate surface area is 99.5 Å². The molecule has 1 aliphatic heterocycles. The van der Waals surface area contributed by atoms with Crippen LogP contribution in [0.5, 0.6) is 0 Å². The van der Waals surface area contributed by atoms with Crippen molar-refractivity contribution in [2.45, 2.75) is 44.2 Å². The second-order valence-electron chi connectivity index (χ2n) is 5.53. The SMILES string of the molecule is COC1CCC(NCC2CCN(C)C2)CC1. The molecule has 2 fully saturated rings. The summed E-state index contributed by atoms with van der Waals surface area (Å²) in [5, 5.41) is 3.75. The predicted molar refractivity (Wildman–Crippen MR) is 66.7 cm³/mol. The van der Waals surface area contributed by atoms with Gasteiger partial charge in [0.2, 0.25) is 0 Å². The van der Waals surface area contributed by atoms with Gasteiger partial charge < -0.3 is 15.0 Å². The fourth-order valence-electron chi connectivity index (χ4n) is 3.03. The van der Waals surface area contributed by atoms with E-state index in [1.807, 2.05) is 7.11 Å². The summed E-state index contributed by atoms with van der Waals surface area (Å²) < 4.78 is 5.40. The molecule has 1 saturated carbocycles. The third kappa shape index (κ3) is 3.44. The van der Waals surface area contributed by atoms with Crippen molar-refractivity contribution in [2.24, 2.45) is 5.92 Å². The molecule has 0 aromatic rings. The van der Waals surface area contributed by atoms with E-state index in [4.69, 9.17) is 4.74 Å². The first-order valence-corrected chi connectivity index (χ1v) is 6.72. The zero-order valence-electron chi connectivity index (χ0n) is 10.7. The van der Waals surface area contributed by atoms with Crippen molar-refractivity contribution >= 4 is 0 Å². The van der Waals surface area contributed by atoms with Gasteiger partial charge in [0.15, 0.2) is 0 Å². The zero-order chi connectivity index (χ0) is 11.4. The highest BCUT2D eigenvalue weighted by atomic mass is 16.5. The molecule has 16 heavy (non-hydrogen) atoms. The third-order valence-electron chi connectivity index (χ3n) is 4.19. The molecule has 0 amide bonds. The lowest BCUT2D eigenvalue weighted by molar-refractivity contribution is 0.0621. The van der Waals surface area contributed by atoms with Gasteiger partial charge in [0.1, 0.15) is 0 Å². The Morgan fingerprint density at radius 3 is 2.50 bits per heavy atom. The molecule has 0 spiro atoms. The van der Waals surface area contributed by atoms with E-state index in [2.05, 4.69) is 17.3 Å². The molecule has 1 heterocycles. The summed E-state index contributed by atoms with van der Waals surface area (Å²) in [6.07, 6.45) is 6.95. The molecule has 1 unspecified atom stereocenters. The van der Waals surface area contributed by atoms with Crippen molar-refractivity contribution in [1.82, 2.24) is 10.2 Å². The molecule has 0 bridgehead atoms. The predicted octanol–water partition coefficient (Wildman–Crippen LogP) is 1.49. The second-order valence-corrected chi connectivity index (χ2v) is 5.53. The Balaban J connectivity index is 1.60. The zero-order valence-corrected chi connectivity index (χ0v) is 10.7. The molecule has 3 nitrogen and oxygen atoms in total. The third-order valence-corrected chi connectivity index (χ3v) is 4.19. The smallest absolute Gasteiger partial charge is 0.0572 e. The largest absolute Gasteiger partial charge is 0.381 e. The van der Waals surface area contributed by atoms with Crippen LogP contribution in [-0.2, 0) is 4.74 Å². The van der Waals surface area contributed by atoms with E-state index in [9.17, 15) is 0 Å². The van der Waals surface area contributed by atoms with Gasteiger partial charge in [0.25, 0.3) is 0 Å². The number of likely N-dealkylation sites (tertiary alicyclic amines) is 1. The molecule has 2 aliphatic rings. The molecule has 94 valence electrons. The summed E-state index contributed by atoms with van der Waals surface area (Å²) in [6, 6.07) is 0.748. The molecule has 3 heteroatoms. The molecule has 0 aromatic carbocycles. The maximum absolute atomic E-state index is 5.40. The normalized spacial score (nSPS) is 36.8. The second kappa shape index (κ2) is 5.99. The topological polar surface area (TPSA) is 24.5 Å². The maximum atomic E-state index is 5.40.